The molecule has 5 rings (SSSR count). The lowest BCUT2D eigenvalue weighted by Gasteiger charge is -2.18. The fourth-order valence-electron chi connectivity index (χ4n) is 4.60. The van der Waals surface area contributed by atoms with Crippen LogP contribution in [-0.4, -0.2) is 53.9 Å². The lowest BCUT2D eigenvalue weighted by atomic mass is 9.98. The first-order valence-corrected chi connectivity index (χ1v) is 13.4. The Labute approximate surface area is 238 Å². The van der Waals surface area contributed by atoms with Gasteiger partial charge in [0.15, 0.2) is 5.69 Å². The molecular weight excluding hydrogens is 548 g/mol. The van der Waals surface area contributed by atoms with Gasteiger partial charge < -0.3 is 24.6 Å². The van der Waals surface area contributed by atoms with E-state index < -0.39 is 30.0 Å². The smallest absolute Gasteiger partial charge is 0.407 e. The maximum atomic E-state index is 13.0. The van der Waals surface area contributed by atoms with Crippen LogP contribution in [0.15, 0.2) is 78.2 Å². The highest BCUT2D eigenvalue weighted by molar-refractivity contribution is 7.09. The monoisotopic (exact) mass is 572 g/mol. The van der Waals surface area contributed by atoms with Crippen LogP contribution < -0.4 is 10.1 Å². The highest BCUT2D eigenvalue weighted by Crippen LogP contribution is 2.44. The molecule has 0 radical (unpaired) electrons. The van der Waals surface area contributed by atoms with Gasteiger partial charge in [0.25, 0.3) is 0 Å². The Morgan fingerprint density at radius 2 is 1.59 bits per heavy atom. The van der Waals surface area contributed by atoms with Gasteiger partial charge in [0, 0.05) is 17.7 Å². The lowest BCUT2D eigenvalue weighted by molar-refractivity contribution is -0.140. The molecule has 2 N–H and O–H groups in total. The van der Waals surface area contributed by atoms with Gasteiger partial charge in [-0.25, -0.2) is 24.2 Å². The average molecular weight is 573 g/mol. The number of methoxy groups -OCH3 is 1. The first-order chi connectivity index (χ1) is 19.8. The molecule has 1 aliphatic rings. The van der Waals surface area contributed by atoms with Crippen molar-refractivity contribution in [3.8, 4) is 16.9 Å². The molecule has 11 heteroatoms. The van der Waals surface area contributed by atoms with Gasteiger partial charge in [0.1, 0.15) is 18.4 Å². The summed E-state index contributed by atoms with van der Waals surface area (Å²) < 4.78 is 15.7. The first kappa shape index (κ1) is 27.5. The number of nitrogens with one attached hydrogen (secondary N) is 1. The SMILES string of the molecule is COc1ccc(C(=O)OC(=O)[C@H](Cc2nc(C(=O)O)cs2)NC(=O)OCC2c3ccccc3-c3ccccc32)cc1. The molecule has 208 valence electrons. The summed E-state index contributed by atoms with van der Waals surface area (Å²) in [6.45, 7) is 0.00677. The number of rotatable bonds is 9. The van der Waals surface area contributed by atoms with Gasteiger partial charge in [-0.2, -0.15) is 0 Å². The van der Waals surface area contributed by atoms with Crippen molar-refractivity contribution in [3.05, 3.63) is 106 Å². The summed E-state index contributed by atoms with van der Waals surface area (Å²) in [5.41, 5.74) is 4.06. The Morgan fingerprint density at radius 3 is 2.17 bits per heavy atom. The molecule has 1 amide bonds. The zero-order valence-electron chi connectivity index (χ0n) is 21.7. The maximum absolute atomic E-state index is 13.0. The number of ether oxygens (including phenoxy) is 3. The molecule has 0 fully saturated rings. The van der Waals surface area contributed by atoms with E-state index >= 15 is 0 Å². The fourth-order valence-corrected chi connectivity index (χ4v) is 5.42. The number of carboxylic acids is 1. The zero-order chi connectivity index (χ0) is 28.9. The molecule has 1 aromatic heterocycles. The summed E-state index contributed by atoms with van der Waals surface area (Å²) in [6.07, 6.45) is -1.11. The van der Waals surface area contributed by atoms with Crippen molar-refractivity contribution in [3.63, 3.8) is 0 Å². The Kier molecular flexibility index (Phi) is 8.06. The number of amides is 1. The van der Waals surface area contributed by atoms with Crippen molar-refractivity contribution in [2.45, 2.75) is 18.4 Å². The first-order valence-electron chi connectivity index (χ1n) is 12.5. The van der Waals surface area contributed by atoms with E-state index in [4.69, 9.17) is 14.2 Å². The van der Waals surface area contributed by atoms with Gasteiger partial charge in [-0.3, -0.25) is 0 Å². The minimum absolute atomic E-state index is 0.00677. The van der Waals surface area contributed by atoms with Crippen LogP contribution in [0, 0.1) is 0 Å². The normalized spacial score (nSPS) is 12.5. The number of aromatic nitrogens is 1. The quantitative estimate of drug-likeness (QED) is 0.216. The second-order valence-electron chi connectivity index (χ2n) is 9.10. The van der Waals surface area contributed by atoms with Crippen molar-refractivity contribution in [2.75, 3.05) is 13.7 Å². The van der Waals surface area contributed by atoms with Crippen LogP contribution in [0.5, 0.6) is 5.75 Å². The van der Waals surface area contributed by atoms with Crippen LogP contribution in [0.3, 0.4) is 0 Å². The Morgan fingerprint density at radius 1 is 0.951 bits per heavy atom. The van der Waals surface area contributed by atoms with E-state index in [0.717, 1.165) is 33.6 Å². The Bertz CT molecular complexity index is 1570. The van der Waals surface area contributed by atoms with Crippen LogP contribution in [0.2, 0.25) is 0 Å². The minimum Gasteiger partial charge on any atom is -0.497 e. The number of aromatic carboxylic acids is 1. The van der Waals surface area contributed by atoms with E-state index in [2.05, 4.69) is 10.3 Å². The Balaban J connectivity index is 1.29. The number of alkyl carbamates (subject to hydrolysis) is 1. The third-order valence-electron chi connectivity index (χ3n) is 6.59. The van der Waals surface area contributed by atoms with Gasteiger partial charge in [-0.15, -0.1) is 11.3 Å². The van der Waals surface area contributed by atoms with E-state index in [-0.39, 0.29) is 35.2 Å². The summed E-state index contributed by atoms with van der Waals surface area (Å²) in [5, 5.41) is 13.2. The highest BCUT2D eigenvalue weighted by Gasteiger charge is 2.31. The van der Waals surface area contributed by atoms with Crippen LogP contribution in [-0.2, 0) is 20.7 Å². The van der Waals surface area contributed by atoms with Crippen LogP contribution in [0.4, 0.5) is 4.79 Å². The second-order valence-corrected chi connectivity index (χ2v) is 10.0. The molecule has 0 saturated heterocycles. The average Bonchev–Trinajstić information content (AvgIpc) is 3.58. The number of hydrogen-bond donors (Lipinski definition) is 2. The van der Waals surface area contributed by atoms with E-state index in [9.17, 15) is 24.3 Å². The summed E-state index contributed by atoms with van der Waals surface area (Å²) >= 11 is 0.998. The molecule has 10 nitrogen and oxygen atoms in total. The number of carbonyl (C=O) groups is 4. The third kappa shape index (κ3) is 6.10. The molecule has 0 unspecified atom stereocenters. The number of esters is 2. The molecule has 0 bridgehead atoms. The molecule has 0 saturated carbocycles. The van der Waals surface area contributed by atoms with Crippen molar-refractivity contribution < 1.29 is 38.5 Å². The second kappa shape index (κ2) is 12.0. The maximum Gasteiger partial charge on any atom is 0.407 e. The predicted octanol–water partition coefficient (Wildman–Crippen LogP) is 4.68. The van der Waals surface area contributed by atoms with Crippen molar-refractivity contribution in [1.82, 2.24) is 10.3 Å². The topological polar surface area (TPSA) is 141 Å². The van der Waals surface area contributed by atoms with Crippen LogP contribution in [0.1, 0.15) is 42.9 Å². The number of benzene rings is 3. The molecule has 1 heterocycles. The van der Waals surface area contributed by atoms with Gasteiger partial charge >= 0.3 is 24.0 Å². The third-order valence-corrected chi connectivity index (χ3v) is 7.46. The van der Waals surface area contributed by atoms with Gasteiger partial charge in [-0.1, -0.05) is 48.5 Å². The molecular formula is C30H24N2O8S. The minimum atomic E-state index is -1.37. The van der Waals surface area contributed by atoms with E-state index in [1.807, 2.05) is 48.5 Å². The summed E-state index contributed by atoms with van der Waals surface area (Å²) in [6, 6.07) is 20.3. The van der Waals surface area contributed by atoms with Crippen molar-refractivity contribution in [2.24, 2.45) is 0 Å². The van der Waals surface area contributed by atoms with E-state index in [1.165, 1.54) is 36.8 Å². The van der Waals surface area contributed by atoms with Gasteiger partial charge in [0.05, 0.1) is 17.7 Å². The summed E-state index contributed by atoms with van der Waals surface area (Å²) in [4.78, 5) is 53.8. The number of thiazole rings is 1. The number of hydrogen-bond acceptors (Lipinski definition) is 9. The molecule has 0 spiro atoms. The largest absolute Gasteiger partial charge is 0.497 e. The van der Waals surface area contributed by atoms with Crippen molar-refractivity contribution in [1.29, 1.82) is 0 Å². The van der Waals surface area contributed by atoms with E-state index in [0.29, 0.717) is 5.75 Å². The fraction of sp³-hybridized carbons (Fsp3) is 0.167. The molecule has 0 aliphatic heterocycles. The predicted molar refractivity (Wildman–Crippen MR) is 148 cm³/mol. The molecule has 1 aliphatic carbocycles. The standard InChI is InChI=1S/C30H24N2O8S/c1-38-18-12-10-17(11-13-18)28(35)40-29(36)24(14-26-31-25(16-41-26)27(33)34)32-30(37)39-15-23-21-8-4-2-6-19(21)20-7-3-5-9-22(20)23/h2-13,16,23-24H,14-15H2,1H3,(H,32,37)(H,33,34)/t24-/m0/s1. The molecule has 1 atom stereocenters. The highest BCUT2D eigenvalue weighted by atomic mass is 32.1. The number of nitrogens with zero attached hydrogens (tertiary/aromatic N) is 1. The number of carboxylic acid groups (broad SMARTS) is 1. The van der Waals surface area contributed by atoms with Crippen LogP contribution in [0.25, 0.3) is 11.1 Å². The lowest BCUT2D eigenvalue weighted by Crippen LogP contribution is -2.44. The van der Waals surface area contributed by atoms with E-state index in [1.54, 1.807) is 0 Å². The van der Waals surface area contributed by atoms with Crippen LogP contribution >= 0.6 is 11.3 Å². The molecule has 41 heavy (non-hydrogen) atoms. The van der Waals surface area contributed by atoms with Gasteiger partial charge in [-0.05, 0) is 46.5 Å². The Hall–Kier alpha value is -5.03. The van der Waals surface area contributed by atoms with Crippen molar-refractivity contribution >= 4 is 35.3 Å². The summed E-state index contributed by atoms with van der Waals surface area (Å²) in [5.74, 6) is -2.90. The number of carbonyl (C=O) groups excluding carboxylic acids is 3. The summed E-state index contributed by atoms with van der Waals surface area (Å²) in [7, 11) is 1.48. The number of fused-ring (bicyclic) bond motifs is 3. The molecule has 3 aromatic carbocycles. The van der Waals surface area contributed by atoms with Gasteiger partial charge in [0.2, 0.25) is 0 Å². The molecule has 4 aromatic rings. The zero-order valence-corrected chi connectivity index (χ0v) is 22.6.